The highest BCUT2D eigenvalue weighted by Gasteiger charge is 2.45. The lowest BCUT2D eigenvalue weighted by Gasteiger charge is -2.16. The van der Waals surface area contributed by atoms with Gasteiger partial charge >= 0.3 is 11.9 Å². The van der Waals surface area contributed by atoms with Gasteiger partial charge in [0.25, 0.3) is 11.8 Å². The number of carbonyl (C=O) groups is 1. The van der Waals surface area contributed by atoms with Gasteiger partial charge in [0, 0.05) is 28.9 Å². The fourth-order valence-electron chi connectivity index (χ4n) is 7.59. The molecule has 1 saturated heterocycles. The van der Waals surface area contributed by atoms with Gasteiger partial charge in [-0.15, -0.1) is 16.4 Å². The second-order valence-corrected chi connectivity index (χ2v) is 14.0. The average Bonchev–Trinajstić information content (AvgIpc) is 3.95. The molecule has 10 nitrogen and oxygen atoms in total. The lowest BCUT2D eigenvalue weighted by molar-refractivity contribution is -0.141. The first-order valence-electron chi connectivity index (χ1n) is 16.5. The third kappa shape index (κ3) is 5.37. The van der Waals surface area contributed by atoms with E-state index in [-0.39, 0.29) is 29.7 Å². The normalized spacial score (nSPS) is 18.0. The molecular formula is C36H27F4N7O3S. The summed E-state index contributed by atoms with van der Waals surface area (Å²) in [7, 11) is 0. The summed E-state index contributed by atoms with van der Waals surface area (Å²) in [4.78, 5) is 42.6. The van der Waals surface area contributed by atoms with Gasteiger partial charge in [0.2, 0.25) is 0 Å². The minimum Gasteiger partial charge on any atom is -0.388 e. The van der Waals surface area contributed by atoms with Crippen LogP contribution in [0.5, 0.6) is 0 Å². The van der Waals surface area contributed by atoms with E-state index < -0.39 is 17.6 Å². The molecule has 0 radical (unpaired) electrons. The molecule has 2 aliphatic heterocycles. The van der Waals surface area contributed by atoms with Crippen LogP contribution in [0.25, 0.3) is 32.0 Å². The molecule has 2 atom stereocenters. The molecule has 0 bridgehead atoms. The molecule has 3 aliphatic rings. The monoisotopic (exact) mass is 713 g/mol. The number of carbonyl (C=O) groups excluding carboxylic acids is 1. The number of aryl methyl sites for hydroxylation is 3. The maximum absolute atomic E-state index is 14.1. The Bertz CT molecular complexity index is 2420. The minimum atomic E-state index is -4.52. The fourth-order valence-corrected chi connectivity index (χ4v) is 8.75. The molecule has 7 heterocycles. The Balaban J connectivity index is 1.18. The fraction of sp³-hybridized carbons (Fsp3) is 0.278. The van der Waals surface area contributed by atoms with Crippen LogP contribution in [0, 0.1) is 5.82 Å². The van der Waals surface area contributed by atoms with Crippen molar-refractivity contribution in [2.24, 2.45) is 0 Å². The van der Waals surface area contributed by atoms with Gasteiger partial charge in [-0.2, -0.15) is 13.2 Å². The third-order valence-electron chi connectivity index (χ3n) is 9.90. The molecule has 1 amide bonds. The van der Waals surface area contributed by atoms with Gasteiger partial charge in [0.05, 0.1) is 39.3 Å². The Labute approximate surface area is 290 Å². The number of anilines is 1. The molecule has 0 unspecified atom stereocenters. The highest BCUT2D eigenvalue weighted by molar-refractivity contribution is 7.23. The van der Waals surface area contributed by atoms with Gasteiger partial charge in [0.1, 0.15) is 17.3 Å². The standard InChI is InChI=1S/C36H27F4N7O3S/c37-19-6-3-17(4-7-19)5-9-23-27(33-45-46-35(49)50-33)28(29-30(43-23)24-2-1-15-47(24)34(29)48)25-16-18-13-14-41-32(31(18)51-25)44-22-11-10-21-20(22)8-12-26(42-21)36(38,39)40/h3-4,6-8,12-14,16,22,24H,1-2,5,9-11,15H2,(H,41,44)(H,46,49)/t22-,24-/m1/s1. The summed E-state index contributed by atoms with van der Waals surface area (Å²) in [6.45, 7) is 0.601. The molecule has 1 aliphatic carbocycles. The van der Waals surface area contributed by atoms with Gasteiger partial charge in [-0.1, -0.05) is 18.2 Å². The summed E-state index contributed by atoms with van der Waals surface area (Å²) in [5.74, 6) is -0.701. The number of fused-ring (bicyclic) bond motifs is 5. The first-order chi connectivity index (χ1) is 24.6. The smallest absolute Gasteiger partial charge is 0.388 e. The van der Waals surface area contributed by atoms with Crippen molar-refractivity contribution in [2.75, 3.05) is 11.9 Å². The molecule has 1 aromatic carbocycles. The van der Waals surface area contributed by atoms with Crippen molar-refractivity contribution in [2.45, 2.75) is 56.8 Å². The van der Waals surface area contributed by atoms with Crippen molar-refractivity contribution < 1.29 is 26.8 Å². The van der Waals surface area contributed by atoms with E-state index >= 15 is 0 Å². The number of nitrogens with zero attached hydrogens (tertiary/aromatic N) is 5. The Morgan fingerprint density at radius 3 is 2.63 bits per heavy atom. The quantitative estimate of drug-likeness (QED) is 0.164. The number of hydrogen-bond acceptors (Lipinski definition) is 9. The lowest BCUT2D eigenvalue weighted by Crippen LogP contribution is -2.22. The zero-order valence-corrected chi connectivity index (χ0v) is 27.5. The number of alkyl halides is 3. The predicted molar refractivity (Wildman–Crippen MR) is 180 cm³/mol. The Kier molecular flexibility index (Phi) is 7.31. The van der Waals surface area contributed by atoms with Crippen LogP contribution in [0.2, 0.25) is 0 Å². The number of benzene rings is 1. The van der Waals surface area contributed by atoms with Gasteiger partial charge in [-0.3, -0.25) is 9.78 Å². The molecule has 15 heteroatoms. The van der Waals surface area contributed by atoms with Crippen LogP contribution in [0.15, 0.2) is 63.9 Å². The summed E-state index contributed by atoms with van der Waals surface area (Å²) in [5.41, 5.74) is 3.76. The number of amides is 1. The van der Waals surface area contributed by atoms with E-state index in [1.807, 2.05) is 17.0 Å². The molecule has 5 aromatic heterocycles. The average molecular weight is 714 g/mol. The lowest BCUT2D eigenvalue weighted by atomic mass is 9.93. The van der Waals surface area contributed by atoms with Crippen molar-refractivity contribution >= 4 is 33.1 Å². The van der Waals surface area contributed by atoms with E-state index in [1.165, 1.54) is 29.5 Å². The van der Waals surface area contributed by atoms with Crippen molar-refractivity contribution in [1.29, 1.82) is 0 Å². The van der Waals surface area contributed by atoms with Crippen LogP contribution in [0.3, 0.4) is 0 Å². The second-order valence-electron chi connectivity index (χ2n) is 12.9. The number of nitrogens with one attached hydrogen (secondary N) is 2. The number of hydrogen-bond donors (Lipinski definition) is 2. The van der Waals surface area contributed by atoms with Crippen LogP contribution in [0.1, 0.15) is 75.6 Å². The molecular weight excluding hydrogens is 687 g/mol. The molecule has 0 spiro atoms. The van der Waals surface area contributed by atoms with E-state index in [2.05, 4.69) is 25.5 Å². The highest BCUT2D eigenvalue weighted by Crippen LogP contribution is 2.50. The number of halogens is 4. The summed E-state index contributed by atoms with van der Waals surface area (Å²) in [6, 6.07) is 12.0. The molecule has 6 aromatic rings. The number of rotatable bonds is 7. The van der Waals surface area contributed by atoms with Gasteiger partial charge in [-0.05, 0) is 85.4 Å². The first kappa shape index (κ1) is 31.5. The Morgan fingerprint density at radius 2 is 1.84 bits per heavy atom. The molecule has 51 heavy (non-hydrogen) atoms. The van der Waals surface area contributed by atoms with Crippen molar-refractivity contribution in [3.8, 4) is 21.9 Å². The van der Waals surface area contributed by atoms with Gasteiger partial charge < -0.3 is 14.6 Å². The maximum atomic E-state index is 14.1. The van der Waals surface area contributed by atoms with E-state index in [0.29, 0.717) is 82.3 Å². The largest absolute Gasteiger partial charge is 0.434 e. The number of pyridine rings is 3. The van der Waals surface area contributed by atoms with Crippen LogP contribution in [0.4, 0.5) is 23.4 Å². The maximum Gasteiger partial charge on any atom is 0.434 e. The summed E-state index contributed by atoms with van der Waals surface area (Å²) in [6.07, 6.45) is 0.588. The zero-order valence-electron chi connectivity index (χ0n) is 26.7. The highest BCUT2D eigenvalue weighted by atomic mass is 32.1. The number of H-pyrrole nitrogens is 1. The molecule has 0 saturated carbocycles. The zero-order chi connectivity index (χ0) is 35.0. The van der Waals surface area contributed by atoms with E-state index in [1.54, 1.807) is 18.3 Å². The van der Waals surface area contributed by atoms with E-state index in [0.717, 1.165) is 34.6 Å². The predicted octanol–water partition coefficient (Wildman–Crippen LogP) is 7.43. The summed E-state index contributed by atoms with van der Waals surface area (Å²) >= 11 is 1.40. The van der Waals surface area contributed by atoms with Crippen LogP contribution in [-0.4, -0.2) is 42.5 Å². The molecule has 258 valence electrons. The van der Waals surface area contributed by atoms with Gasteiger partial charge in [-0.25, -0.2) is 24.3 Å². The van der Waals surface area contributed by atoms with Crippen LogP contribution < -0.4 is 11.1 Å². The van der Waals surface area contributed by atoms with Crippen molar-refractivity contribution in [1.82, 2.24) is 30.0 Å². The molecule has 9 rings (SSSR count). The Hall–Kier alpha value is -5.44. The third-order valence-corrected chi connectivity index (χ3v) is 11.1. The van der Waals surface area contributed by atoms with Crippen LogP contribution >= 0.6 is 11.3 Å². The van der Waals surface area contributed by atoms with Crippen molar-refractivity contribution in [3.63, 3.8) is 0 Å². The molecule has 1 fully saturated rings. The number of thiophene rings is 1. The number of aromatic amines is 1. The van der Waals surface area contributed by atoms with E-state index in [4.69, 9.17) is 9.40 Å². The number of aromatic nitrogens is 5. The topological polar surface area (TPSA) is 130 Å². The van der Waals surface area contributed by atoms with Gasteiger partial charge in [0.15, 0.2) is 0 Å². The van der Waals surface area contributed by atoms with Crippen molar-refractivity contribution in [3.05, 3.63) is 111 Å². The Morgan fingerprint density at radius 1 is 1.00 bits per heavy atom. The first-order valence-corrected chi connectivity index (χ1v) is 17.3. The SMILES string of the molecule is O=C1c2c(nc(CCc3ccc(F)cc3)c(-c3n[nH]c(=O)o3)c2-c2cc3ccnc(N[C@@H]4CCc5nc(C(F)(F)F)ccc54)c3s2)[C@H]2CCCN12. The minimum absolute atomic E-state index is 0.00137. The van der Waals surface area contributed by atoms with E-state index in [9.17, 15) is 27.2 Å². The summed E-state index contributed by atoms with van der Waals surface area (Å²) < 4.78 is 60.0. The summed E-state index contributed by atoms with van der Waals surface area (Å²) in [5, 5.41) is 10.8. The molecule has 2 N–H and O–H groups in total. The van der Waals surface area contributed by atoms with Crippen LogP contribution in [-0.2, 0) is 25.4 Å². The second kappa shape index (κ2) is 11.8.